The molecule has 0 spiro atoms. The van der Waals surface area contributed by atoms with E-state index >= 15 is 0 Å². The summed E-state index contributed by atoms with van der Waals surface area (Å²) in [5.74, 6) is 2.43. The molecular weight excluding hydrogens is 625 g/mol. The highest BCUT2D eigenvalue weighted by molar-refractivity contribution is 8.03. The summed E-state index contributed by atoms with van der Waals surface area (Å²) in [6.07, 6.45) is 7.47. The van der Waals surface area contributed by atoms with Gasteiger partial charge in [0.25, 0.3) is 0 Å². The van der Waals surface area contributed by atoms with Gasteiger partial charge in [-0.15, -0.1) is 0 Å². The standard InChI is InChI=1S/C44H56O2S2/c1-29-17-13-15-19-35(29)37-25-33(43(3,4)5)23-31(41(37)45)27-47-39-21-11-9-10-12-22-40(39)48-28-32-24-34(44(6,7)8)26-38(42(32)46)36-20-16-14-18-30(36)2/h13-20,23-26,39-40,45-46H,9-12,21-22,27-28H2,1-8H3/t39-,40-/m0/s1. The highest BCUT2D eigenvalue weighted by atomic mass is 32.2. The molecule has 1 fully saturated rings. The van der Waals surface area contributed by atoms with Crippen molar-refractivity contribution in [3.8, 4) is 33.8 Å². The van der Waals surface area contributed by atoms with Crippen LogP contribution in [0.1, 0.15) is 113 Å². The first kappa shape index (κ1) is 36.5. The normalized spacial score (nSPS) is 17.6. The van der Waals surface area contributed by atoms with Gasteiger partial charge in [0.1, 0.15) is 11.5 Å². The van der Waals surface area contributed by atoms with Gasteiger partial charge in [0, 0.05) is 44.3 Å². The van der Waals surface area contributed by atoms with Crippen LogP contribution < -0.4 is 0 Å². The third-order valence-corrected chi connectivity index (χ3v) is 13.1. The van der Waals surface area contributed by atoms with Crippen molar-refractivity contribution in [2.45, 2.75) is 127 Å². The summed E-state index contributed by atoms with van der Waals surface area (Å²) in [5.41, 5.74) is 11.0. The van der Waals surface area contributed by atoms with Crippen molar-refractivity contribution in [2.24, 2.45) is 0 Å². The van der Waals surface area contributed by atoms with E-state index < -0.39 is 0 Å². The lowest BCUT2D eigenvalue weighted by molar-refractivity contribution is 0.470. The van der Waals surface area contributed by atoms with Gasteiger partial charge in [-0.05, 0) is 83.0 Å². The fourth-order valence-corrected chi connectivity index (χ4v) is 9.89. The molecule has 1 aliphatic rings. The molecule has 2 N–H and O–H groups in total. The summed E-state index contributed by atoms with van der Waals surface area (Å²) >= 11 is 4.06. The summed E-state index contributed by atoms with van der Waals surface area (Å²) in [7, 11) is 0. The lowest BCUT2D eigenvalue weighted by Crippen LogP contribution is -2.22. The number of phenolic OH excluding ortho intramolecular Hbond substituents is 2. The molecule has 0 unspecified atom stereocenters. The van der Waals surface area contributed by atoms with E-state index in [4.69, 9.17) is 0 Å². The van der Waals surface area contributed by atoms with E-state index in [1.165, 1.54) is 60.8 Å². The van der Waals surface area contributed by atoms with Crippen molar-refractivity contribution in [1.82, 2.24) is 0 Å². The molecule has 0 saturated heterocycles. The van der Waals surface area contributed by atoms with Gasteiger partial charge in [-0.2, -0.15) is 23.5 Å². The lowest BCUT2D eigenvalue weighted by atomic mass is 9.83. The van der Waals surface area contributed by atoms with Crippen molar-refractivity contribution in [1.29, 1.82) is 0 Å². The van der Waals surface area contributed by atoms with Crippen LogP contribution in [-0.2, 0) is 22.3 Å². The Kier molecular flexibility index (Phi) is 11.7. The Bertz CT molecular complexity index is 1580. The number of hydrogen-bond acceptors (Lipinski definition) is 4. The number of aromatic hydroxyl groups is 2. The molecular formula is C44H56O2S2. The number of rotatable bonds is 8. The second kappa shape index (κ2) is 15.4. The topological polar surface area (TPSA) is 40.5 Å². The van der Waals surface area contributed by atoms with Crippen LogP contribution in [-0.4, -0.2) is 20.7 Å². The number of aryl methyl sites for hydroxylation is 2. The van der Waals surface area contributed by atoms with Gasteiger partial charge < -0.3 is 10.2 Å². The fraction of sp³-hybridized carbons (Fsp3) is 0.455. The summed E-state index contributed by atoms with van der Waals surface area (Å²) in [5, 5.41) is 24.4. The summed E-state index contributed by atoms with van der Waals surface area (Å²) in [6, 6.07) is 25.7. The van der Waals surface area contributed by atoms with E-state index in [2.05, 4.69) is 128 Å². The molecule has 0 bridgehead atoms. The van der Waals surface area contributed by atoms with Crippen LogP contribution >= 0.6 is 23.5 Å². The average Bonchev–Trinajstić information content (AvgIpc) is 3.01. The zero-order valence-electron chi connectivity index (χ0n) is 30.5. The number of hydrogen-bond donors (Lipinski definition) is 2. The predicted octanol–water partition coefficient (Wildman–Crippen LogP) is 12.9. The van der Waals surface area contributed by atoms with Gasteiger partial charge in [-0.1, -0.05) is 128 Å². The SMILES string of the molecule is Cc1ccccc1-c1cc(C(C)(C)C)cc(CS[C@H]2CCCCCC[C@@H]2SCc2cc(C(C)(C)C)cc(-c3ccccc3C)c2O)c1O. The van der Waals surface area contributed by atoms with Gasteiger partial charge >= 0.3 is 0 Å². The Balaban J connectivity index is 1.43. The zero-order chi connectivity index (χ0) is 34.6. The zero-order valence-corrected chi connectivity index (χ0v) is 32.1. The second-order valence-corrected chi connectivity index (χ2v) is 18.3. The minimum Gasteiger partial charge on any atom is -0.507 e. The third-order valence-electron chi connectivity index (χ3n) is 10.0. The third kappa shape index (κ3) is 8.66. The highest BCUT2D eigenvalue weighted by Gasteiger charge is 2.27. The molecule has 4 heteroatoms. The summed E-state index contributed by atoms with van der Waals surface area (Å²) < 4.78 is 0. The molecule has 0 aliphatic heterocycles. The first-order valence-electron chi connectivity index (χ1n) is 17.8. The summed E-state index contributed by atoms with van der Waals surface area (Å²) in [6.45, 7) is 17.8. The molecule has 256 valence electrons. The first-order valence-corrected chi connectivity index (χ1v) is 19.9. The number of benzene rings is 4. The fourth-order valence-electron chi connectivity index (χ4n) is 6.83. The van der Waals surface area contributed by atoms with Crippen LogP contribution in [0.4, 0.5) is 0 Å². The summed E-state index contributed by atoms with van der Waals surface area (Å²) in [4.78, 5) is 0. The molecule has 2 nitrogen and oxygen atoms in total. The Morgan fingerprint density at radius 3 is 1.27 bits per heavy atom. The maximum Gasteiger partial charge on any atom is 0.127 e. The van der Waals surface area contributed by atoms with Crippen LogP contribution in [0.15, 0.2) is 72.8 Å². The molecule has 1 saturated carbocycles. The monoisotopic (exact) mass is 680 g/mol. The van der Waals surface area contributed by atoms with Crippen molar-refractivity contribution in [3.63, 3.8) is 0 Å². The van der Waals surface area contributed by atoms with Crippen LogP contribution in [0.5, 0.6) is 11.5 Å². The van der Waals surface area contributed by atoms with Crippen LogP contribution in [0, 0.1) is 13.8 Å². The van der Waals surface area contributed by atoms with Crippen molar-refractivity contribution >= 4 is 23.5 Å². The van der Waals surface area contributed by atoms with Crippen molar-refractivity contribution in [2.75, 3.05) is 0 Å². The molecule has 1 aliphatic carbocycles. The largest absolute Gasteiger partial charge is 0.507 e. The Labute approximate surface area is 299 Å². The van der Waals surface area contributed by atoms with E-state index in [-0.39, 0.29) is 10.8 Å². The molecule has 0 radical (unpaired) electrons. The van der Waals surface area contributed by atoms with E-state index in [9.17, 15) is 10.2 Å². The molecule has 0 heterocycles. The average molecular weight is 681 g/mol. The molecule has 5 rings (SSSR count). The number of thioether (sulfide) groups is 2. The maximum atomic E-state index is 11.7. The van der Waals surface area contributed by atoms with E-state index in [0.29, 0.717) is 22.0 Å². The van der Waals surface area contributed by atoms with E-state index in [0.717, 1.165) is 44.9 Å². The van der Waals surface area contributed by atoms with Gasteiger partial charge in [0.2, 0.25) is 0 Å². The van der Waals surface area contributed by atoms with E-state index in [1.54, 1.807) is 0 Å². The quantitative estimate of drug-likeness (QED) is 0.194. The predicted molar refractivity (Wildman–Crippen MR) is 212 cm³/mol. The van der Waals surface area contributed by atoms with Crippen LogP contribution in [0.25, 0.3) is 22.3 Å². The van der Waals surface area contributed by atoms with Gasteiger partial charge in [0.05, 0.1) is 0 Å². The van der Waals surface area contributed by atoms with Gasteiger partial charge in [0.15, 0.2) is 0 Å². The lowest BCUT2D eigenvalue weighted by Gasteiger charge is -2.30. The van der Waals surface area contributed by atoms with Crippen molar-refractivity contribution in [3.05, 3.63) is 106 Å². The molecule has 2 atom stereocenters. The van der Waals surface area contributed by atoms with E-state index in [1.807, 2.05) is 23.5 Å². The first-order chi connectivity index (χ1) is 22.7. The minimum absolute atomic E-state index is 0.0239. The molecule has 0 aromatic heterocycles. The molecule has 0 amide bonds. The van der Waals surface area contributed by atoms with Crippen LogP contribution in [0.3, 0.4) is 0 Å². The Hall–Kier alpha value is -2.82. The maximum absolute atomic E-state index is 11.7. The van der Waals surface area contributed by atoms with Crippen LogP contribution in [0.2, 0.25) is 0 Å². The minimum atomic E-state index is -0.0239. The van der Waals surface area contributed by atoms with Crippen molar-refractivity contribution < 1.29 is 10.2 Å². The number of phenols is 2. The molecule has 4 aromatic rings. The highest BCUT2D eigenvalue weighted by Crippen LogP contribution is 2.45. The van der Waals surface area contributed by atoms with Gasteiger partial charge in [-0.3, -0.25) is 0 Å². The second-order valence-electron chi connectivity index (χ2n) is 15.9. The smallest absolute Gasteiger partial charge is 0.127 e. The Morgan fingerprint density at radius 1 is 0.542 bits per heavy atom. The van der Waals surface area contributed by atoms with Gasteiger partial charge in [-0.25, -0.2) is 0 Å². The molecule has 48 heavy (non-hydrogen) atoms. The molecule has 4 aromatic carbocycles. The Morgan fingerprint density at radius 2 is 0.917 bits per heavy atom.